The molecule has 6 heterocycles. The van der Waals surface area contributed by atoms with Gasteiger partial charge >= 0.3 is 0 Å². The van der Waals surface area contributed by atoms with E-state index in [0.29, 0.717) is 35.2 Å². The Bertz CT molecular complexity index is 10700. The van der Waals surface area contributed by atoms with E-state index >= 15 is 0 Å². The van der Waals surface area contributed by atoms with E-state index in [-0.39, 0.29) is 0 Å². The molecule has 0 bridgehead atoms. The van der Waals surface area contributed by atoms with Gasteiger partial charge in [-0.15, -0.1) is 0 Å². The predicted octanol–water partition coefficient (Wildman–Crippen LogP) is 36.4. The second kappa shape index (κ2) is 34.8. The summed E-state index contributed by atoms with van der Waals surface area (Å²) in [7, 11) is 0. The van der Waals surface area contributed by atoms with Crippen molar-refractivity contribution < 1.29 is 0 Å². The first-order chi connectivity index (χ1) is 74.4. The highest BCUT2D eigenvalue weighted by atomic mass is 15.2. The van der Waals surface area contributed by atoms with Gasteiger partial charge in [0.05, 0.1) is 44.1 Å². The summed E-state index contributed by atoms with van der Waals surface area (Å²) in [5.74, 6) is 3.60. The number of rotatable bonds is 13. The fourth-order valence-corrected chi connectivity index (χ4v) is 23.7. The van der Waals surface area contributed by atoms with Crippen molar-refractivity contribution in [3.8, 4) is 124 Å². The highest BCUT2D eigenvalue weighted by molar-refractivity contribution is 6.21. The maximum atomic E-state index is 5.53. The molecule has 0 aliphatic carbocycles. The van der Waals surface area contributed by atoms with Gasteiger partial charge in [0.15, 0.2) is 23.3 Å². The molecule has 0 saturated carbocycles. The molecule has 0 spiro atoms. The smallest absolute Gasteiger partial charge is 0.238 e. The molecule has 25 aromatic carbocycles. The number of hydrogen-bond donors (Lipinski definition) is 0. The molecular weight excluding hydrogens is 1820 g/mol. The van der Waals surface area contributed by atoms with Crippen LogP contribution >= 0.6 is 0 Å². The fourth-order valence-electron chi connectivity index (χ4n) is 23.7. The number of aromatic nitrogens is 10. The molecule has 0 radical (unpaired) electrons. The number of nitrogens with zero attached hydrogens (tertiary/aromatic N) is 10. The van der Waals surface area contributed by atoms with Crippen molar-refractivity contribution in [2.75, 3.05) is 0 Å². The second-order valence-electron chi connectivity index (χ2n) is 39.1. The van der Waals surface area contributed by atoms with Gasteiger partial charge in [0.2, 0.25) is 11.9 Å². The predicted molar refractivity (Wildman–Crippen MR) is 626 cm³/mol. The Hall–Kier alpha value is -20.2. The fraction of sp³-hybridized carbons (Fsp3) is 0. The van der Waals surface area contributed by atoms with E-state index < -0.39 is 0 Å². The first kappa shape index (κ1) is 85.4. The summed E-state index contributed by atoms with van der Waals surface area (Å²) in [6, 6.07) is 188. The van der Waals surface area contributed by atoms with Crippen LogP contribution in [0.1, 0.15) is 0 Å². The Morgan fingerprint density at radius 3 is 0.627 bits per heavy atom. The van der Waals surface area contributed by atoms with E-state index in [4.69, 9.17) is 29.9 Å². The number of fused-ring (bicyclic) bond motifs is 24. The van der Waals surface area contributed by atoms with Gasteiger partial charge in [-0.2, -0.15) is 19.9 Å². The molecule has 0 aliphatic rings. The van der Waals surface area contributed by atoms with Crippen molar-refractivity contribution >= 4 is 173 Å². The molecule has 0 fully saturated rings. The zero-order chi connectivity index (χ0) is 98.5. The Balaban J connectivity index is 0.000000138. The first-order valence-corrected chi connectivity index (χ1v) is 51.1. The minimum atomic E-state index is 0.560. The molecule has 0 amide bonds. The molecule has 0 N–H and O–H groups in total. The van der Waals surface area contributed by atoms with Crippen LogP contribution < -0.4 is 0 Å². The molecule has 6 aromatic heterocycles. The summed E-state index contributed by atoms with van der Waals surface area (Å²) in [6.45, 7) is 0. The van der Waals surface area contributed by atoms with E-state index in [0.717, 1.165) is 175 Å². The quantitative estimate of drug-likeness (QED) is 0.107. The summed E-state index contributed by atoms with van der Waals surface area (Å²) < 4.78 is 9.29. The molecule has 0 unspecified atom stereocenters. The summed E-state index contributed by atoms with van der Waals surface area (Å²) >= 11 is 0. The first-order valence-electron chi connectivity index (χ1n) is 51.1. The zero-order valence-corrected chi connectivity index (χ0v) is 81.1. The summed E-state index contributed by atoms with van der Waals surface area (Å²) in [4.78, 5) is 33.0. The van der Waals surface area contributed by atoms with Crippen LogP contribution in [0.3, 0.4) is 0 Å². The van der Waals surface area contributed by atoms with Gasteiger partial charge in [0.25, 0.3) is 0 Å². The third kappa shape index (κ3) is 14.1. The average Bonchev–Trinajstić information content (AvgIpc) is 1.65. The highest BCUT2D eigenvalue weighted by Crippen LogP contribution is 2.48. The van der Waals surface area contributed by atoms with Gasteiger partial charge in [-0.3, -0.25) is 9.13 Å². The highest BCUT2D eigenvalue weighted by Gasteiger charge is 2.28. The molecule has 31 rings (SSSR count). The molecule has 696 valence electrons. The normalized spacial score (nSPS) is 11.9. The van der Waals surface area contributed by atoms with Gasteiger partial charge in [-0.05, 0) is 269 Å². The lowest BCUT2D eigenvalue weighted by molar-refractivity contribution is 0.955. The van der Waals surface area contributed by atoms with Crippen molar-refractivity contribution in [2.24, 2.45) is 0 Å². The van der Waals surface area contributed by atoms with Crippen LogP contribution in [-0.4, -0.2) is 48.2 Å². The molecule has 31 aromatic rings. The maximum Gasteiger partial charge on any atom is 0.238 e. The minimum Gasteiger partial charge on any atom is -0.309 e. The van der Waals surface area contributed by atoms with E-state index in [9.17, 15) is 0 Å². The Morgan fingerprint density at radius 1 is 0.113 bits per heavy atom. The zero-order valence-electron chi connectivity index (χ0n) is 81.1. The van der Waals surface area contributed by atoms with Crippen molar-refractivity contribution in [3.05, 3.63) is 522 Å². The molecule has 0 atom stereocenters. The van der Waals surface area contributed by atoms with Gasteiger partial charge < -0.3 is 9.13 Å². The van der Waals surface area contributed by atoms with Gasteiger partial charge in [0.1, 0.15) is 0 Å². The van der Waals surface area contributed by atoms with Crippen molar-refractivity contribution in [1.82, 2.24) is 48.2 Å². The van der Waals surface area contributed by atoms with E-state index in [1.165, 1.54) is 87.5 Å². The lowest BCUT2D eigenvalue weighted by atomic mass is 9.96. The van der Waals surface area contributed by atoms with Crippen LogP contribution in [0, 0.1) is 0 Å². The Morgan fingerprint density at radius 2 is 0.327 bits per heavy atom. The summed E-state index contributed by atoms with van der Waals surface area (Å²) in [5.41, 5.74) is 26.5. The van der Waals surface area contributed by atoms with E-state index in [1.807, 2.05) is 0 Å². The number of benzene rings is 25. The van der Waals surface area contributed by atoms with Crippen molar-refractivity contribution in [2.45, 2.75) is 0 Å². The van der Waals surface area contributed by atoms with Gasteiger partial charge in [-0.25, -0.2) is 9.97 Å². The van der Waals surface area contributed by atoms with Crippen LogP contribution in [0.15, 0.2) is 522 Å². The molecule has 10 nitrogen and oxygen atoms in total. The third-order valence-corrected chi connectivity index (χ3v) is 30.7. The van der Waals surface area contributed by atoms with Crippen LogP contribution in [0.2, 0.25) is 0 Å². The monoisotopic (exact) mass is 1910 g/mol. The SMILES string of the molecule is c1ccc(-c2cc(-c3ccccc3)cc(-n3c4ccccc4c4cc(-c5ccc6c(c5)c5ccccc5n6-c5nc(-c6cc7ccccc7c7ccccc67)nc(-c6cc7ccccc7c7ccccc67)n5)ccc43)c2)cc1.c1ccc(-c2ccc(-n3c4ccccc4c4cc(-c5ccc6c(c5)c5ccccc5n6-c5nc(-c6cc7ccccc7c7ccccc67)nc(-c6cc7ccccc7c7ccccc67)n5)ccc43)cc2)cc1. The topological polar surface area (TPSA) is 97.1 Å². The lowest BCUT2D eigenvalue weighted by Crippen LogP contribution is -2.07. The largest absolute Gasteiger partial charge is 0.309 e. The van der Waals surface area contributed by atoms with Gasteiger partial charge in [0, 0.05) is 76.7 Å². The molecule has 0 aliphatic heterocycles. The number of para-hydroxylation sites is 4. The Labute approximate surface area is 861 Å². The van der Waals surface area contributed by atoms with Crippen molar-refractivity contribution in [3.63, 3.8) is 0 Å². The maximum absolute atomic E-state index is 5.53. The van der Waals surface area contributed by atoms with E-state index in [1.54, 1.807) is 0 Å². The number of hydrogen-bond acceptors (Lipinski definition) is 6. The summed E-state index contributed by atoms with van der Waals surface area (Å²) in [5, 5.41) is 27.7. The van der Waals surface area contributed by atoms with Gasteiger partial charge in [-0.1, -0.05) is 394 Å². The van der Waals surface area contributed by atoms with Crippen LogP contribution in [0.5, 0.6) is 0 Å². The Kier molecular flexibility index (Phi) is 19.8. The van der Waals surface area contributed by atoms with Crippen LogP contribution in [0.25, 0.3) is 298 Å². The lowest BCUT2D eigenvalue weighted by Gasteiger charge is -2.15. The molecule has 10 heteroatoms. The molecule has 0 saturated heterocycles. The minimum absolute atomic E-state index is 0.560. The molecular formula is C140H86N10. The second-order valence-corrected chi connectivity index (χ2v) is 39.1. The third-order valence-electron chi connectivity index (χ3n) is 30.7. The summed E-state index contributed by atoms with van der Waals surface area (Å²) in [6.07, 6.45) is 0. The van der Waals surface area contributed by atoms with E-state index in [2.05, 4.69) is 540 Å². The standard InChI is InChI=1S/C73H45N5.C67H41N5/c1-3-19-46(20-4-1)52-39-53(47-21-5-2-6-22-47)41-54(40-52)77-67-33-17-15-31-61(67)63-42-48(35-37-69(63)77)49-36-38-70-64(43-49)62-32-16-18-34-68(62)78(70)73-75-71(65-44-50-23-7-9-25-55(50)57-27-11-13-29-59(57)65)74-72(76-73)66-45-51-24-8-10-26-56(51)58-28-12-14-30-60(58)66;1-2-16-42(17-3-1)43-30-34-48(35-31-43)71-61-28-14-12-26-55(61)57-38-44(32-36-63(57)71)45-33-37-64-58(39-45)56-27-13-15-29-62(56)72(64)67-69-65(59-40-46-18-4-6-20-49(46)51-22-8-10-24-53(51)59)68-66(70-67)60-41-47-19-5-7-21-50(47)52-23-9-11-25-54(52)60/h1-45H;1-41H. The molecule has 150 heavy (non-hydrogen) atoms. The van der Waals surface area contributed by atoms with Crippen LogP contribution in [0.4, 0.5) is 0 Å². The van der Waals surface area contributed by atoms with Crippen molar-refractivity contribution in [1.29, 1.82) is 0 Å². The average molecular weight is 1910 g/mol. The van der Waals surface area contributed by atoms with Crippen LogP contribution in [-0.2, 0) is 0 Å².